The van der Waals surface area contributed by atoms with Gasteiger partial charge < -0.3 is 14.5 Å². The van der Waals surface area contributed by atoms with Crippen LogP contribution in [-0.4, -0.2) is 43.3 Å². The minimum atomic E-state index is 0.0442. The average Bonchev–Trinajstić information content (AvgIpc) is 3.20. The van der Waals surface area contributed by atoms with Crippen LogP contribution in [0.2, 0.25) is 0 Å². The summed E-state index contributed by atoms with van der Waals surface area (Å²) in [6.45, 7) is 9.66. The number of hydrogen-bond acceptors (Lipinski definition) is 3. The predicted octanol–water partition coefficient (Wildman–Crippen LogP) is 5.87. The van der Waals surface area contributed by atoms with Crippen molar-refractivity contribution in [1.82, 2.24) is 9.88 Å². The van der Waals surface area contributed by atoms with Crippen molar-refractivity contribution in [1.29, 1.82) is 0 Å². The predicted molar refractivity (Wildman–Crippen MR) is 128 cm³/mol. The first-order valence-electron chi connectivity index (χ1n) is 10.7. The van der Waals surface area contributed by atoms with Gasteiger partial charge in [-0.25, -0.2) is 0 Å². The molecule has 4 nitrogen and oxygen atoms in total. The van der Waals surface area contributed by atoms with Crippen molar-refractivity contribution >= 4 is 10.9 Å². The van der Waals surface area contributed by atoms with Gasteiger partial charge in [-0.2, -0.15) is 0 Å². The molecule has 0 radical (unpaired) electrons. The van der Waals surface area contributed by atoms with Crippen LogP contribution in [0.3, 0.4) is 0 Å². The number of fused-ring (bicyclic) bond motifs is 1. The van der Waals surface area contributed by atoms with Gasteiger partial charge in [0, 0.05) is 29.6 Å². The summed E-state index contributed by atoms with van der Waals surface area (Å²) in [6, 6.07) is 19.1. The fourth-order valence-electron chi connectivity index (χ4n) is 4.18. The van der Waals surface area contributed by atoms with Crippen LogP contribution in [0.25, 0.3) is 22.2 Å². The zero-order chi connectivity index (χ0) is 21.6. The SMILES string of the molecule is C=C(/C=C\C=C(/C)OC)C(c1c(-c2ccccc2)[nH]c2ccccc12)N1CCOCC1. The van der Waals surface area contributed by atoms with Gasteiger partial charge in [0.15, 0.2) is 0 Å². The third kappa shape index (κ3) is 4.66. The third-order valence-corrected chi connectivity index (χ3v) is 5.81. The van der Waals surface area contributed by atoms with Gasteiger partial charge in [0.25, 0.3) is 0 Å². The lowest BCUT2D eigenvalue weighted by Crippen LogP contribution is -2.39. The van der Waals surface area contributed by atoms with Gasteiger partial charge in [0.2, 0.25) is 0 Å². The normalized spacial score (nSPS) is 16.6. The summed E-state index contributed by atoms with van der Waals surface area (Å²) in [7, 11) is 1.68. The summed E-state index contributed by atoms with van der Waals surface area (Å²) in [5.74, 6) is 0.865. The molecule has 1 unspecified atom stereocenters. The quantitative estimate of drug-likeness (QED) is 0.388. The van der Waals surface area contributed by atoms with Gasteiger partial charge in [0.1, 0.15) is 0 Å². The van der Waals surface area contributed by atoms with Gasteiger partial charge in [-0.3, -0.25) is 4.90 Å². The average molecular weight is 415 g/mol. The Bertz CT molecular complexity index is 1090. The molecule has 1 N–H and O–H groups in total. The Balaban J connectivity index is 1.85. The molecule has 1 aliphatic rings. The van der Waals surface area contributed by atoms with Crippen molar-refractivity contribution in [3.63, 3.8) is 0 Å². The molecule has 3 aromatic rings. The number of morpholine rings is 1. The lowest BCUT2D eigenvalue weighted by atomic mass is 9.92. The number of methoxy groups -OCH3 is 1. The van der Waals surface area contributed by atoms with Crippen molar-refractivity contribution in [2.75, 3.05) is 33.4 Å². The van der Waals surface area contributed by atoms with E-state index < -0.39 is 0 Å². The van der Waals surface area contributed by atoms with E-state index in [2.05, 4.69) is 77.1 Å². The molecule has 0 amide bonds. The smallest absolute Gasteiger partial charge is 0.0924 e. The van der Waals surface area contributed by atoms with E-state index in [-0.39, 0.29) is 6.04 Å². The Morgan fingerprint density at radius 2 is 1.81 bits per heavy atom. The molecule has 4 heteroatoms. The van der Waals surface area contributed by atoms with Gasteiger partial charge in [-0.15, -0.1) is 0 Å². The summed E-state index contributed by atoms with van der Waals surface area (Å²) in [5, 5.41) is 1.23. The second-order valence-corrected chi connectivity index (χ2v) is 7.79. The van der Waals surface area contributed by atoms with E-state index in [9.17, 15) is 0 Å². The van der Waals surface area contributed by atoms with Crippen LogP contribution in [0, 0.1) is 0 Å². The van der Waals surface area contributed by atoms with Crippen LogP contribution in [0.5, 0.6) is 0 Å². The fraction of sp³-hybridized carbons (Fsp3) is 0.259. The van der Waals surface area contributed by atoms with Crippen molar-refractivity contribution < 1.29 is 9.47 Å². The van der Waals surface area contributed by atoms with Crippen LogP contribution in [0.15, 0.2) is 90.7 Å². The first-order chi connectivity index (χ1) is 15.2. The molecule has 160 valence electrons. The summed E-state index contributed by atoms with van der Waals surface area (Å²) in [6.07, 6.45) is 6.08. The molecule has 1 aromatic heterocycles. The number of aromatic nitrogens is 1. The highest BCUT2D eigenvalue weighted by molar-refractivity contribution is 5.92. The van der Waals surface area contributed by atoms with E-state index in [4.69, 9.17) is 9.47 Å². The molecule has 1 saturated heterocycles. The molecule has 31 heavy (non-hydrogen) atoms. The van der Waals surface area contributed by atoms with Crippen molar-refractivity contribution in [3.05, 3.63) is 96.3 Å². The van der Waals surface area contributed by atoms with Gasteiger partial charge in [-0.05, 0) is 30.2 Å². The number of hydrogen-bond donors (Lipinski definition) is 1. The van der Waals surface area contributed by atoms with E-state index in [0.717, 1.165) is 48.8 Å². The number of nitrogens with one attached hydrogen (secondary N) is 1. The van der Waals surface area contributed by atoms with E-state index in [0.29, 0.717) is 0 Å². The topological polar surface area (TPSA) is 37.5 Å². The Morgan fingerprint density at radius 1 is 1.10 bits per heavy atom. The zero-order valence-electron chi connectivity index (χ0n) is 18.3. The lowest BCUT2D eigenvalue weighted by molar-refractivity contribution is 0.0242. The van der Waals surface area contributed by atoms with Crippen LogP contribution in [0.1, 0.15) is 18.5 Å². The Kier molecular flexibility index (Phi) is 6.70. The van der Waals surface area contributed by atoms with Crippen molar-refractivity contribution in [2.45, 2.75) is 13.0 Å². The highest BCUT2D eigenvalue weighted by atomic mass is 16.5. The van der Waals surface area contributed by atoms with E-state index in [1.807, 2.05) is 19.1 Å². The number of aromatic amines is 1. The monoisotopic (exact) mass is 414 g/mol. The zero-order valence-corrected chi connectivity index (χ0v) is 18.3. The molecule has 0 spiro atoms. The third-order valence-electron chi connectivity index (χ3n) is 5.81. The summed E-state index contributed by atoms with van der Waals surface area (Å²) >= 11 is 0. The number of benzene rings is 2. The maximum atomic E-state index is 5.65. The van der Waals surface area contributed by atoms with Crippen LogP contribution >= 0.6 is 0 Å². The summed E-state index contributed by atoms with van der Waals surface area (Å²) in [4.78, 5) is 6.16. The van der Waals surface area contributed by atoms with Crippen molar-refractivity contribution in [3.8, 4) is 11.3 Å². The number of H-pyrrole nitrogens is 1. The number of para-hydroxylation sites is 1. The molecular weight excluding hydrogens is 384 g/mol. The Morgan fingerprint density at radius 3 is 2.55 bits per heavy atom. The first kappa shape index (κ1) is 21.2. The molecular formula is C27H30N2O2. The number of allylic oxidation sites excluding steroid dienone is 3. The van der Waals surface area contributed by atoms with Gasteiger partial charge >= 0.3 is 0 Å². The molecule has 0 aliphatic carbocycles. The molecule has 1 aliphatic heterocycles. The van der Waals surface area contributed by atoms with Gasteiger partial charge in [-0.1, -0.05) is 67.3 Å². The van der Waals surface area contributed by atoms with E-state index in [1.165, 1.54) is 16.5 Å². The van der Waals surface area contributed by atoms with Crippen LogP contribution in [0.4, 0.5) is 0 Å². The maximum absolute atomic E-state index is 5.65. The molecule has 2 heterocycles. The molecule has 4 rings (SSSR count). The largest absolute Gasteiger partial charge is 0.501 e. The molecule has 1 fully saturated rings. The van der Waals surface area contributed by atoms with Crippen molar-refractivity contribution in [2.24, 2.45) is 0 Å². The highest BCUT2D eigenvalue weighted by Crippen LogP contribution is 2.40. The van der Waals surface area contributed by atoms with Gasteiger partial charge in [0.05, 0.1) is 37.8 Å². The second kappa shape index (κ2) is 9.82. The molecule has 1 atom stereocenters. The number of nitrogens with zero attached hydrogens (tertiary/aromatic N) is 1. The summed E-state index contributed by atoms with van der Waals surface area (Å²) in [5.41, 5.74) is 5.78. The Hall–Kier alpha value is -3.08. The van der Waals surface area contributed by atoms with Crippen LogP contribution in [-0.2, 0) is 9.47 Å². The minimum Gasteiger partial charge on any atom is -0.501 e. The number of rotatable bonds is 7. The molecule has 0 bridgehead atoms. The van der Waals surface area contributed by atoms with E-state index in [1.54, 1.807) is 7.11 Å². The highest BCUT2D eigenvalue weighted by Gasteiger charge is 2.29. The lowest BCUT2D eigenvalue weighted by Gasteiger charge is -2.35. The maximum Gasteiger partial charge on any atom is 0.0924 e. The standard InChI is InChI=1S/C27H30N2O2/c1-20(10-9-11-21(2)30-3)27(29-16-18-31-19-17-29)25-23-14-7-8-15-24(23)28-26(25)22-12-5-4-6-13-22/h4-15,27-28H,1,16-19H2,2-3H3/b10-9-,21-11+. The molecule has 2 aromatic carbocycles. The fourth-order valence-corrected chi connectivity index (χ4v) is 4.18. The Labute approximate surface area is 184 Å². The van der Waals surface area contributed by atoms with Crippen LogP contribution < -0.4 is 0 Å². The number of ether oxygens (including phenoxy) is 2. The summed E-state index contributed by atoms with van der Waals surface area (Å²) < 4.78 is 10.9. The minimum absolute atomic E-state index is 0.0442. The van der Waals surface area contributed by atoms with E-state index >= 15 is 0 Å². The second-order valence-electron chi connectivity index (χ2n) is 7.79. The first-order valence-corrected chi connectivity index (χ1v) is 10.7. The molecule has 0 saturated carbocycles.